The van der Waals surface area contributed by atoms with Gasteiger partial charge in [0.1, 0.15) is 0 Å². The van der Waals surface area contributed by atoms with E-state index in [1.54, 1.807) is 0 Å². The molecule has 2 fully saturated rings. The van der Waals surface area contributed by atoms with Gasteiger partial charge in [-0.3, -0.25) is 0 Å². The van der Waals surface area contributed by atoms with Gasteiger partial charge in [-0.25, -0.2) is 13.1 Å². The van der Waals surface area contributed by atoms with E-state index in [0.717, 1.165) is 39.0 Å². The first-order valence-corrected chi connectivity index (χ1v) is 8.07. The molecule has 2 N–H and O–H groups in total. The number of nitrogens with one attached hydrogen (secondary N) is 2. The molecule has 5 nitrogen and oxygen atoms in total. The summed E-state index contributed by atoms with van der Waals surface area (Å²) in [7, 11) is -0.996. The van der Waals surface area contributed by atoms with Gasteiger partial charge in [-0.1, -0.05) is 0 Å². The first-order chi connectivity index (χ1) is 8.05. The first-order valence-electron chi connectivity index (χ1n) is 6.42. The van der Waals surface area contributed by atoms with E-state index in [4.69, 9.17) is 0 Å². The van der Waals surface area contributed by atoms with Crippen molar-refractivity contribution in [2.45, 2.75) is 12.8 Å². The first kappa shape index (κ1) is 13.3. The third-order valence-corrected chi connectivity index (χ3v) is 5.22. The van der Waals surface area contributed by atoms with Crippen molar-refractivity contribution >= 4 is 10.0 Å². The van der Waals surface area contributed by atoms with Gasteiger partial charge in [-0.2, -0.15) is 0 Å². The van der Waals surface area contributed by atoms with Gasteiger partial charge in [-0.15, -0.1) is 0 Å². The van der Waals surface area contributed by atoms with E-state index >= 15 is 0 Å². The molecule has 2 aliphatic heterocycles. The highest BCUT2D eigenvalue weighted by molar-refractivity contribution is 7.89. The number of nitrogens with zero attached hydrogens (tertiary/aromatic N) is 1. The van der Waals surface area contributed by atoms with E-state index < -0.39 is 10.0 Å². The van der Waals surface area contributed by atoms with Crippen molar-refractivity contribution < 1.29 is 8.42 Å². The van der Waals surface area contributed by atoms with Gasteiger partial charge in [0.15, 0.2) is 0 Å². The highest BCUT2D eigenvalue weighted by Crippen LogP contribution is 2.14. The summed E-state index contributed by atoms with van der Waals surface area (Å²) in [6.45, 7) is 4.49. The van der Waals surface area contributed by atoms with Crippen LogP contribution in [0, 0.1) is 11.8 Å². The van der Waals surface area contributed by atoms with E-state index in [0.29, 0.717) is 18.4 Å². The van der Waals surface area contributed by atoms with Crippen LogP contribution in [0.4, 0.5) is 0 Å². The van der Waals surface area contributed by atoms with E-state index in [9.17, 15) is 8.42 Å². The zero-order valence-electron chi connectivity index (χ0n) is 10.5. The number of hydrogen-bond acceptors (Lipinski definition) is 4. The van der Waals surface area contributed by atoms with Crippen LogP contribution in [0.1, 0.15) is 12.8 Å². The lowest BCUT2D eigenvalue weighted by atomic mass is 10.1. The van der Waals surface area contributed by atoms with Gasteiger partial charge in [-0.05, 0) is 51.4 Å². The van der Waals surface area contributed by atoms with Crippen LogP contribution in [0.5, 0.6) is 0 Å². The zero-order chi connectivity index (χ0) is 12.3. The summed E-state index contributed by atoms with van der Waals surface area (Å²) >= 11 is 0. The van der Waals surface area contributed by atoms with E-state index in [2.05, 4.69) is 22.0 Å². The quantitative estimate of drug-likeness (QED) is 0.698. The molecule has 2 unspecified atom stereocenters. The van der Waals surface area contributed by atoms with Gasteiger partial charge in [0.2, 0.25) is 10.0 Å². The molecule has 2 saturated heterocycles. The molecular weight excluding hydrogens is 238 g/mol. The van der Waals surface area contributed by atoms with Crippen molar-refractivity contribution in [1.82, 2.24) is 14.9 Å². The number of likely N-dealkylation sites (tertiary alicyclic amines) is 1. The standard InChI is InChI=1S/C11H23N3O2S/c1-14-5-3-10(8-14)7-13-17(15,16)9-11-2-4-12-6-11/h10-13H,2-9H2,1H3. The monoisotopic (exact) mass is 261 g/mol. The topological polar surface area (TPSA) is 61.4 Å². The molecule has 0 radical (unpaired) electrons. The molecule has 0 saturated carbocycles. The molecule has 0 aromatic rings. The minimum Gasteiger partial charge on any atom is -0.316 e. The van der Waals surface area contributed by atoms with Gasteiger partial charge in [0.25, 0.3) is 0 Å². The molecule has 2 aliphatic rings. The average Bonchev–Trinajstić information content (AvgIpc) is 2.86. The lowest BCUT2D eigenvalue weighted by molar-refractivity contribution is 0.394. The highest BCUT2D eigenvalue weighted by atomic mass is 32.2. The Bertz CT molecular complexity index is 339. The van der Waals surface area contributed by atoms with Crippen molar-refractivity contribution in [3.8, 4) is 0 Å². The molecule has 0 aliphatic carbocycles. The Morgan fingerprint density at radius 1 is 1.35 bits per heavy atom. The predicted molar refractivity (Wildman–Crippen MR) is 68.4 cm³/mol. The largest absolute Gasteiger partial charge is 0.316 e. The summed E-state index contributed by atoms with van der Waals surface area (Å²) in [5, 5.41) is 3.20. The summed E-state index contributed by atoms with van der Waals surface area (Å²) < 4.78 is 26.5. The molecule has 100 valence electrons. The van der Waals surface area contributed by atoms with Crippen LogP contribution in [-0.2, 0) is 10.0 Å². The second-order valence-corrected chi connectivity index (χ2v) is 7.26. The number of hydrogen-bond donors (Lipinski definition) is 2. The molecular formula is C11H23N3O2S. The van der Waals surface area contributed by atoms with Crippen LogP contribution >= 0.6 is 0 Å². The molecule has 0 spiro atoms. The van der Waals surface area contributed by atoms with Crippen molar-refractivity contribution in [2.75, 3.05) is 45.5 Å². The normalized spacial score (nSPS) is 31.1. The third kappa shape index (κ3) is 4.21. The Labute approximate surface area is 104 Å². The molecule has 0 amide bonds. The SMILES string of the molecule is CN1CCC(CNS(=O)(=O)CC2CCNC2)C1. The Morgan fingerprint density at radius 3 is 2.76 bits per heavy atom. The minimum absolute atomic E-state index is 0.280. The van der Waals surface area contributed by atoms with Crippen molar-refractivity contribution in [3.63, 3.8) is 0 Å². The van der Waals surface area contributed by atoms with Crippen LogP contribution in [0.15, 0.2) is 0 Å². The van der Waals surface area contributed by atoms with Crippen LogP contribution in [0.2, 0.25) is 0 Å². The number of sulfonamides is 1. The second-order valence-electron chi connectivity index (χ2n) is 5.41. The van der Waals surface area contributed by atoms with Gasteiger partial charge in [0.05, 0.1) is 5.75 Å². The maximum atomic E-state index is 11.9. The zero-order valence-corrected chi connectivity index (χ0v) is 11.3. The Morgan fingerprint density at radius 2 is 2.18 bits per heavy atom. The Hall–Kier alpha value is -0.170. The molecule has 0 aromatic carbocycles. The summed E-state index contributed by atoms with van der Waals surface area (Å²) in [4.78, 5) is 2.25. The van der Waals surface area contributed by atoms with E-state index in [1.165, 1.54) is 0 Å². The Kier molecular flexibility index (Phi) is 4.41. The Balaban J connectivity index is 1.73. The highest BCUT2D eigenvalue weighted by Gasteiger charge is 2.24. The van der Waals surface area contributed by atoms with Crippen LogP contribution in [0.25, 0.3) is 0 Å². The van der Waals surface area contributed by atoms with Gasteiger partial charge >= 0.3 is 0 Å². The lowest BCUT2D eigenvalue weighted by Crippen LogP contribution is -2.34. The summed E-state index contributed by atoms with van der Waals surface area (Å²) in [5.41, 5.74) is 0. The van der Waals surface area contributed by atoms with Crippen LogP contribution < -0.4 is 10.0 Å². The van der Waals surface area contributed by atoms with Gasteiger partial charge < -0.3 is 10.2 Å². The average molecular weight is 261 g/mol. The summed E-state index contributed by atoms with van der Waals surface area (Å²) in [6, 6.07) is 0. The molecule has 17 heavy (non-hydrogen) atoms. The molecule has 6 heteroatoms. The van der Waals surface area contributed by atoms with E-state index in [1.807, 2.05) is 0 Å². The minimum atomic E-state index is -3.08. The fourth-order valence-corrected chi connectivity index (χ4v) is 4.18. The van der Waals surface area contributed by atoms with Crippen LogP contribution in [0.3, 0.4) is 0 Å². The lowest BCUT2D eigenvalue weighted by Gasteiger charge is -2.14. The smallest absolute Gasteiger partial charge is 0.211 e. The molecule has 2 atom stereocenters. The van der Waals surface area contributed by atoms with Crippen molar-refractivity contribution in [3.05, 3.63) is 0 Å². The maximum Gasteiger partial charge on any atom is 0.211 e. The second kappa shape index (κ2) is 5.65. The fraction of sp³-hybridized carbons (Fsp3) is 1.00. The molecule has 0 aromatic heterocycles. The van der Waals surface area contributed by atoms with Gasteiger partial charge in [0, 0.05) is 13.1 Å². The van der Waals surface area contributed by atoms with E-state index in [-0.39, 0.29) is 5.75 Å². The molecule has 2 rings (SSSR count). The summed E-state index contributed by atoms with van der Waals surface area (Å²) in [5.74, 6) is 1.05. The fourth-order valence-electron chi connectivity index (χ4n) is 2.66. The third-order valence-electron chi connectivity index (χ3n) is 3.70. The molecule has 2 heterocycles. The molecule has 0 bridgehead atoms. The van der Waals surface area contributed by atoms with Crippen molar-refractivity contribution in [1.29, 1.82) is 0 Å². The predicted octanol–water partition coefficient (Wildman–Crippen LogP) is -0.533. The summed E-state index contributed by atoms with van der Waals surface area (Å²) in [6.07, 6.45) is 2.08. The number of rotatable bonds is 5. The maximum absolute atomic E-state index is 11.9. The van der Waals surface area contributed by atoms with Crippen molar-refractivity contribution in [2.24, 2.45) is 11.8 Å². The van der Waals surface area contributed by atoms with Crippen LogP contribution in [-0.4, -0.2) is 58.8 Å².